The van der Waals surface area contributed by atoms with E-state index in [1.54, 1.807) is 12.4 Å². The van der Waals surface area contributed by atoms with Gasteiger partial charge >= 0.3 is 0 Å². The summed E-state index contributed by atoms with van der Waals surface area (Å²) < 4.78 is 0. The zero-order valence-corrected chi connectivity index (χ0v) is 11.8. The predicted octanol–water partition coefficient (Wildman–Crippen LogP) is 3.14. The van der Waals surface area contributed by atoms with Gasteiger partial charge in [-0.1, -0.05) is 18.6 Å². The van der Waals surface area contributed by atoms with Crippen molar-refractivity contribution in [1.82, 2.24) is 9.97 Å². The molecule has 0 unspecified atom stereocenters. The minimum Gasteiger partial charge on any atom is -0.382 e. The molecule has 1 aliphatic carbocycles. The first kappa shape index (κ1) is 13.3. The van der Waals surface area contributed by atoms with Crippen LogP contribution in [0.2, 0.25) is 0 Å². The quantitative estimate of drug-likeness (QED) is 0.851. The first-order chi connectivity index (χ1) is 9.75. The Kier molecular flexibility index (Phi) is 3.79. The van der Waals surface area contributed by atoms with Gasteiger partial charge in [0, 0.05) is 23.7 Å². The molecule has 0 bridgehead atoms. The zero-order chi connectivity index (χ0) is 13.9. The van der Waals surface area contributed by atoms with Crippen molar-refractivity contribution in [1.29, 1.82) is 0 Å². The normalized spacial score (nSPS) is 16.3. The van der Waals surface area contributed by atoms with Gasteiger partial charge in [0.05, 0.1) is 5.69 Å². The average molecular weight is 268 g/mol. The van der Waals surface area contributed by atoms with E-state index in [0.717, 1.165) is 29.7 Å². The van der Waals surface area contributed by atoms with Crippen molar-refractivity contribution < 1.29 is 5.11 Å². The molecule has 1 atom stereocenters. The molecule has 2 heterocycles. The molecule has 1 N–H and O–H groups in total. The van der Waals surface area contributed by atoms with Gasteiger partial charge in [-0.3, -0.25) is 9.97 Å². The maximum Gasteiger partial charge on any atom is 0.123 e. The summed E-state index contributed by atoms with van der Waals surface area (Å²) in [4.78, 5) is 8.85. The number of hydrogen-bond donors (Lipinski definition) is 1. The highest BCUT2D eigenvalue weighted by Crippen LogP contribution is 2.27. The second-order valence-electron chi connectivity index (χ2n) is 5.55. The van der Waals surface area contributed by atoms with E-state index >= 15 is 0 Å². The number of aliphatic hydroxyl groups excluding tert-OH is 1. The molecule has 0 aliphatic heterocycles. The molecule has 0 saturated heterocycles. The molecule has 20 heavy (non-hydrogen) atoms. The second-order valence-corrected chi connectivity index (χ2v) is 5.55. The van der Waals surface area contributed by atoms with Gasteiger partial charge in [0.15, 0.2) is 0 Å². The van der Waals surface area contributed by atoms with Gasteiger partial charge in [-0.2, -0.15) is 0 Å². The number of aryl methyl sites for hydroxylation is 3. The van der Waals surface area contributed by atoms with Crippen molar-refractivity contribution in [3.63, 3.8) is 0 Å². The molecule has 3 nitrogen and oxygen atoms in total. The molecule has 0 aromatic carbocycles. The standard InChI is InChI=1S/C17H20N2O/c1-12-10-13-6-3-2-4-8-15(13)19-16(12)17(20)14-7-5-9-18-11-14/h5,7,9-11,17,20H,2-4,6,8H2,1H3/t17-/m0/s1. The van der Waals surface area contributed by atoms with Crippen LogP contribution >= 0.6 is 0 Å². The van der Waals surface area contributed by atoms with E-state index in [-0.39, 0.29) is 0 Å². The van der Waals surface area contributed by atoms with Crippen molar-refractivity contribution in [3.05, 3.63) is 58.7 Å². The number of nitrogens with zero attached hydrogens (tertiary/aromatic N) is 2. The topological polar surface area (TPSA) is 46.0 Å². The van der Waals surface area contributed by atoms with Gasteiger partial charge in [0.1, 0.15) is 6.10 Å². The first-order valence-corrected chi connectivity index (χ1v) is 7.33. The molecule has 104 valence electrons. The number of aliphatic hydroxyl groups is 1. The maximum atomic E-state index is 10.5. The molecular weight excluding hydrogens is 248 g/mol. The van der Waals surface area contributed by atoms with Crippen LogP contribution in [0.1, 0.15) is 53.4 Å². The zero-order valence-electron chi connectivity index (χ0n) is 11.8. The van der Waals surface area contributed by atoms with Crippen LogP contribution in [0.3, 0.4) is 0 Å². The van der Waals surface area contributed by atoms with Crippen LogP contribution in [0, 0.1) is 6.92 Å². The number of fused-ring (bicyclic) bond motifs is 1. The van der Waals surface area contributed by atoms with E-state index in [0.29, 0.717) is 0 Å². The van der Waals surface area contributed by atoms with Gasteiger partial charge in [-0.25, -0.2) is 0 Å². The summed E-state index contributed by atoms with van der Waals surface area (Å²) in [7, 11) is 0. The fourth-order valence-electron chi connectivity index (χ4n) is 2.91. The summed E-state index contributed by atoms with van der Waals surface area (Å²) in [5, 5.41) is 10.5. The molecule has 2 aromatic heterocycles. The summed E-state index contributed by atoms with van der Waals surface area (Å²) in [6.45, 7) is 2.03. The molecule has 3 heteroatoms. The van der Waals surface area contributed by atoms with Gasteiger partial charge in [0.25, 0.3) is 0 Å². The lowest BCUT2D eigenvalue weighted by Crippen LogP contribution is -2.09. The van der Waals surface area contributed by atoms with Crippen LogP contribution in [-0.2, 0) is 12.8 Å². The molecule has 3 rings (SSSR count). The third kappa shape index (κ3) is 2.59. The molecule has 1 aliphatic rings. The number of aromatic nitrogens is 2. The number of rotatable bonds is 2. The fraction of sp³-hybridized carbons (Fsp3) is 0.412. The van der Waals surface area contributed by atoms with Gasteiger partial charge < -0.3 is 5.11 Å². The first-order valence-electron chi connectivity index (χ1n) is 7.33. The Morgan fingerprint density at radius 2 is 2.05 bits per heavy atom. The second kappa shape index (κ2) is 5.71. The van der Waals surface area contributed by atoms with Crippen molar-refractivity contribution in [2.45, 2.75) is 45.1 Å². The maximum absolute atomic E-state index is 10.5. The number of hydrogen-bond acceptors (Lipinski definition) is 3. The van der Waals surface area contributed by atoms with Gasteiger partial charge in [-0.05, 0) is 49.8 Å². The lowest BCUT2D eigenvalue weighted by atomic mass is 9.99. The van der Waals surface area contributed by atoms with Crippen molar-refractivity contribution in [2.75, 3.05) is 0 Å². The van der Waals surface area contributed by atoms with Crippen LogP contribution < -0.4 is 0 Å². The van der Waals surface area contributed by atoms with Crippen LogP contribution in [0.25, 0.3) is 0 Å². The Bertz CT molecular complexity index is 595. The minimum atomic E-state index is -0.683. The van der Waals surface area contributed by atoms with Crippen molar-refractivity contribution in [3.8, 4) is 0 Å². The average Bonchev–Trinajstić information content (AvgIpc) is 2.71. The SMILES string of the molecule is Cc1cc2c(nc1[C@@H](O)c1cccnc1)CCCCC2. The van der Waals surface area contributed by atoms with Crippen molar-refractivity contribution >= 4 is 0 Å². The van der Waals surface area contributed by atoms with Gasteiger partial charge in [-0.15, -0.1) is 0 Å². The van der Waals surface area contributed by atoms with Crippen LogP contribution in [0.15, 0.2) is 30.6 Å². The third-order valence-electron chi connectivity index (χ3n) is 4.04. The summed E-state index contributed by atoms with van der Waals surface area (Å²) in [5.41, 5.74) is 5.19. The Labute approximate surface area is 119 Å². The molecule has 0 saturated carbocycles. The Hall–Kier alpha value is -1.74. The highest BCUT2D eigenvalue weighted by molar-refractivity contribution is 5.35. The van der Waals surface area contributed by atoms with Crippen LogP contribution in [0.5, 0.6) is 0 Å². The van der Waals surface area contributed by atoms with E-state index in [1.807, 2.05) is 19.1 Å². The summed E-state index contributed by atoms with van der Waals surface area (Å²) in [5.74, 6) is 0. The predicted molar refractivity (Wildman–Crippen MR) is 78.5 cm³/mol. The molecule has 0 spiro atoms. The molecule has 0 amide bonds. The lowest BCUT2D eigenvalue weighted by Gasteiger charge is -2.16. The Morgan fingerprint density at radius 3 is 2.85 bits per heavy atom. The minimum absolute atomic E-state index is 0.683. The third-order valence-corrected chi connectivity index (χ3v) is 4.04. The van der Waals surface area contributed by atoms with Crippen molar-refractivity contribution in [2.24, 2.45) is 0 Å². The van der Waals surface area contributed by atoms with E-state index in [4.69, 9.17) is 4.98 Å². The van der Waals surface area contributed by atoms with E-state index in [2.05, 4.69) is 11.1 Å². The molecule has 0 radical (unpaired) electrons. The summed E-state index contributed by atoms with van der Waals surface area (Å²) in [6.07, 6.45) is 8.61. The monoisotopic (exact) mass is 268 g/mol. The molecule has 2 aromatic rings. The highest BCUT2D eigenvalue weighted by Gasteiger charge is 2.18. The Morgan fingerprint density at radius 1 is 1.20 bits per heavy atom. The van der Waals surface area contributed by atoms with E-state index in [9.17, 15) is 5.11 Å². The largest absolute Gasteiger partial charge is 0.382 e. The smallest absolute Gasteiger partial charge is 0.123 e. The summed E-state index contributed by atoms with van der Waals surface area (Å²) in [6, 6.07) is 5.95. The van der Waals surface area contributed by atoms with Crippen LogP contribution in [-0.4, -0.2) is 15.1 Å². The molecule has 0 fully saturated rings. The Balaban J connectivity index is 1.99. The molecular formula is C17H20N2O. The van der Waals surface area contributed by atoms with Crippen LogP contribution in [0.4, 0.5) is 0 Å². The highest BCUT2D eigenvalue weighted by atomic mass is 16.3. The van der Waals surface area contributed by atoms with E-state index in [1.165, 1.54) is 30.5 Å². The lowest BCUT2D eigenvalue weighted by molar-refractivity contribution is 0.213. The fourth-order valence-corrected chi connectivity index (χ4v) is 2.91. The van der Waals surface area contributed by atoms with Gasteiger partial charge in [0.2, 0.25) is 0 Å². The van der Waals surface area contributed by atoms with E-state index < -0.39 is 6.10 Å². The summed E-state index contributed by atoms with van der Waals surface area (Å²) >= 11 is 0. The number of pyridine rings is 2.